The first-order chi connectivity index (χ1) is 7.98. The molecule has 102 valence electrons. The maximum atomic E-state index is 12.9. The van der Waals surface area contributed by atoms with Gasteiger partial charge in [0.05, 0.1) is 19.1 Å². The minimum atomic E-state index is -2.80. The van der Waals surface area contributed by atoms with E-state index >= 15 is 0 Å². The molecule has 1 aliphatic rings. The van der Waals surface area contributed by atoms with Crippen molar-refractivity contribution in [2.24, 2.45) is 0 Å². The van der Waals surface area contributed by atoms with Crippen LogP contribution >= 0.6 is 12.4 Å². The zero-order valence-corrected chi connectivity index (χ0v) is 10.5. The van der Waals surface area contributed by atoms with Gasteiger partial charge in [-0.1, -0.05) is 0 Å². The molecule has 0 aliphatic carbocycles. The van der Waals surface area contributed by atoms with Crippen molar-refractivity contribution in [3.05, 3.63) is 17.8 Å². The molecule has 1 atom stereocenters. The van der Waals surface area contributed by atoms with Gasteiger partial charge < -0.3 is 9.73 Å². The summed E-state index contributed by atoms with van der Waals surface area (Å²) >= 11 is 0. The van der Waals surface area contributed by atoms with Crippen LogP contribution < -0.4 is 10.6 Å². The Morgan fingerprint density at radius 1 is 1.72 bits per heavy atom. The highest BCUT2D eigenvalue weighted by Crippen LogP contribution is 2.25. The van der Waals surface area contributed by atoms with E-state index in [2.05, 4.69) is 15.6 Å². The molecule has 0 radical (unpaired) electrons. The quantitative estimate of drug-likeness (QED) is 0.868. The van der Waals surface area contributed by atoms with Crippen LogP contribution in [0.1, 0.15) is 17.9 Å². The molecule has 0 bridgehead atoms. The summed E-state index contributed by atoms with van der Waals surface area (Å²) in [5.41, 5.74) is 0.600. The minimum Gasteiger partial charge on any atom is -0.448 e. The molecule has 18 heavy (non-hydrogen) atoms. The van der Waals surface area contributed by atoms with E-state index in [9.17, 15) is 13.6 Å². The lowest BCUT2D eigenvalue weighted by Crippen LogP contribution is -2.40. The van der Waals surface area contributed by atoms with Gasteiger partial charge in [0.1, 0.15) is 11.5 Å². The number of aryl methyl sites for hydroxylation is 1. The van der Waals surface area contributed by atoms with E-state index in [0.717, 1.165) is 0 Å². The number of amides is 1. The van der Waals surface area contributed by atoms with Crippen molar-refractivity contribution in [2.45, 2.75) is 31.9 Å². The van der Waals surface area contributed by atoms with E-state index in [1.807, 2.05) is 0 Å². The fourth-order valence-corrected chi connectivity index (χ4v) is 1.69. The van der Waals surface area contributed by atoms with Crippen LogP contribution in [0.25, 0.3) is 0 Å². The molecule has 5 nitrogen and oxygen atoms in total. The predicted molar refractivity (Wildman–Crippen MR) is 61.7 cm³/mol. The molecule has 0 saturated carbocycles. The lowest BCUT2D eigenvalue weighted by Gasteiger charge is -2.10. The Morgan fingerprint density at radius 2 is 2.44 bits per heavy atom. The van der Waals surface area contributed by atoms with Crippen LogP contribution in [0.4, 0.5) is 8.78 Å². The van der Waals surface area contributed by atoms with E-state index in [4.69, 9.17) is 4.42 Å². The Hall–Kier alpha value is -1.21. The summed E-state index contributed by atoms with van der Waals surface area (Å²) in [5.74, 6) is -2.63. The van der Waals surface area contributed by atoms with Crippen molar-refractivity contribution in [2.75, 3.05) is 6.54 Å². The predicted octanol–water partition coefficient (Wildman–Crippen LogP) is 1.02. The highest BCUT2D eigenvalue weighted by molar-refractivity contribution is 5.85. The van der Waals surface area contributed by atoms with Gasteiger partial charge in [-0.25, -0.2) is 13.8 Å². The topological polar surface area (TPSA) is 67.2 Å². The van der Waals surface area contributed by atoms with E-state index in [1.54, 1.807) is 6.92 Å². The highest BCUT2D eigenvalue weighted by atomic mass is 35.5. The number of carbonyl (C=O) groups excluding carboxylic acids is 1. The Bertz CT molecular complexity index is 425. The van der Waals surface area contributed by atoms with Gasteiger partial charge in [-0.3, -0.25) is 10.1 Å². The Morgan fingerprint density at radius 3 is 2.94 bits per heavy atom. The first kappa shape index (κ1) is 14.8. The number of oxazole rings is 1. The first-order valence-electron chi connectivity index (χ1n) is 5.26. The van der Waals surface area contributed by atoms with Crippen molar-refractivity contribution in [3.63, 3.8) is 0 Å². The molecule has 1 aromatic heterocycles. The van der Waals surface area contributed by atoms with Crippen LogP contribution in [0, 0.1) is 6.92 Å². The summed E-state index contributed by atoms with van der Waals surface area (Å²) < 4.78 is 30.7. The maximum absolute atomic E-state index is 12.9. The number of carbonyl (C=O) groups is 1. The highest BCUT2D eigenvalue weighted by Gasteiger charge is 2.42. The lowest BCUT2D eigenvalue weighted by molar-refractivity contribution is -0.123. The fourth-order valence-electron chi connectivity index (χ4n) is 1.69. The fraction of sp³-hybridized carbons (Fsp3) is 0.600. The van der Waals surface area contributed by atoms with E-state index < -0.39 is 30.8 Å². The zero-order valence-electron chi connectivity index (χ0n) is 9.70. The van der Waals surface area contributed by atoms with Gasteiger partial charge in [0, 0.05) is 6.42 Å². The summed E-state index contributed by atoms with van der Waals surface area (Å²) in [6.07, 6.45) is 0.815. The smallest absolute Gasteiger partial charge is 0.262 e. The van der Waals surface area contributed by atoms with Crippen LogP contribution in [0.2, 0.25) is 0 Å². The van der Waals surface area contributed by atoms with Crippen molar-refractivity contribution < 1.29 is 18.0 Å². The third-order valence-electron chi connectivity index (χ3n) is 2.70. The summed E-state index contributed by atoms with van der Waals surface area (Å²) in [6.45, 7) is 1.45. The average molecular weight is 282 g/mol. The monoisotopic (exact) mass is 281 g/mol. The molecule has 0 aromatic carbocycles. The van der Waals surface area contributed by atoms with Crippen molar-refractivity contribution in [1.29, 1.82) is 0 Å². The molecule has 1 aliphatic heterocycles. The largest absolute Gasteiger partial charge is 0.448 e. The number of hydrogen-bond acceptors (Lipinski definition) is 4. The molecule has 0 spiro atoms. The van der Waals surface area contributed by atoms with Crippen molar-refractivity contribution in [3.8, 4) is 0 Å². The molecule has 2 N–H and O–H groups in total. The molecule has 1 amide bonds. The summed E-state index contributed by atoms with van der Waals surface area (Å²) in [4.78, 5) is 15.5. The third kappa shape index (κ3) is 3.39. The SMILES string of the molecule is Cc1ocnc1CNC(=O)C1CC(F)(F)CN1.Cl. The number of nitrogens with one attached hydrogen (secondary N) is 2. The van der Waals surface area contributed by atoms with Gasteiger partial charge in [0.25, 0.3) is 5.92 Å². The van der Waals surface area contributed by atoms with Crippen molar-refractivity contribution in [1.82, 2.24) is 15.6 Å². The second kappa shape index (κ2) is 5.62. The number of nitrogens with zero attached hydrogens (tertiary/aromatic N) is 1. The molecule has 1 fully saturated rings. The Balaban J connectivity index is 0.00000162. The van der Waals surface area contributed by atoms with Gasteiger partial charge in [-0.15, -0.1) is 12.4 Å². The molecule has 1 saturated heterocycles. The number of aromatic nitrogens is 1. The standard InChI is InChI=1S/C10H13F2N3O2.ClH/c1-6-8(15-5-17-6)3-13-9(16)7-2-10(11,12)4-14-7;/h5,7,14H,2-4H2,1H3,(H,13,16);1H. The number of halogens is 3. The lowest BCUT2D eigenvalue weighted by atomic mass is 10.2. The van der Waals surface area contributed by atoms with Crippen LogP contribution in [-0.4, -0.2) is 29.4 Å². The summed E-state index contributed by atoms with van der Waals surface area (Å²) in [5, 5.41) is 5.03. The molecule has 1 unspecified atom stereocenters. The van der Waals surface area contributed by atoms with E-state index in [1.165, 1.54) is 6.39 Å². The number of alkyl halides is 2. The molecule has 2 heterocycles. The van der Waals surface area contributed by atoms with Gasteiger partial charge in [-0.05, 0) is 6.92 Å². The Kier molecular flexibility index (Phi) is 4.64. The van der Waals surface area contributed by atoms with Crippen molar-refractivity contribution >= 4 is 18.3 Å². The zero-order chi connectivity index (χ0) is 12.5. The van der Waals surface area contributed by atoms with Crippen LogP contribution in [-0.2, 0) is 11.3 Å². The normalized spacial score (nSPS) is 21.4. The van der Waals surface area contributed by atoms with E-state index in [0.29, 0.717) is 11.5 Å². The minimum absolute atomic E-state index is 0. The summed E-state index contributed by atoms with van der Waals surface area (Å²) in [7, 11) is 0. The van der Waals surface area contributed by atoms with Gasteiger partial charge in [0.2, 0.25) is 5.91 Å². The Labute approximate surface area is 109 Å². The maximum Gasteiger partial charge on any atom is 0.262 e. The molecule has 1 aromatic rings. The van der Waals surface area contributed by atoms with Gasteiger partial charge >= 0.3 is 0 Å². The first-order valence-corrected chi connectivity index (χ1v) is 5.26. The molecular weight excluding hydrogens is 268 g/mol. The second-order valence-corrected chi connectivity index (χ2v) is 4.07. The summed E-state index contributed by atoms with van der Waals surface area (Å²) in [6, 6.07) is -0.836. The van der Waals surface area contributed by atoms with Crippen LogP contribution in [0.5, 0.6) is 0 Å². The third-order valence-corrected chi connectivity index (χ3v) is 2.70. The van der Waals surface area contributed by atoms with Crippen LogP contribution in [0.3, 0.4) is 0 Å². The van der Waals surface area contributed by atoms with Crippen LogP contribution in [0.15, 0.2) is 10.8 Å². The average Bonchev–Trinajstić information content (AvgIpc) is 2.81. The van der Waals surface area contributed by atoms with Gasteiger partial charge in [0.15, 0.2) is 6.39 Å². The molecule has 2 rings (SSSR count). The molecular formula is C10H14ClF2N3O2. The van der Waals surface area contributed by atoms with Gasteiger partial charge in [-0.2, -0.15) is 0 Å². The van der Waals surface area contributed by atoms with E-state index in [-0.39, 0.29) is 19.0 Å². The second-order valence-electron chi connectivity index (χ2n) is 4.07. The number of rotatable bonds is 3. The molecule has 8 heteroatoms. The number of hydrogen-bond donors (Lipinski definition) is 2.